The second kappa shape index (κ2) is 7.13. The summed E-state index contributed by atoms with van der Waals surface area (Å²) >= 11 is 6.26. The van der Waals surface area contributed by atoms with Crippen molar-refractivity contribution in [2.75, 3.05) is 31.1 Å². The number of rotatable bonds is 3. The zero-order chi connectivity index (χ0) is 17.9. The van der Waals surface area contributed by atoms with Gasteiger partial charge in [0.15, 0.2) is 11.5 Å². The topological polar surface area (TPSA) is 67.2 Å². The first-order chi connectivity index (χ1) is 12.7. The van der Waals surface area contributed by atoms with Crippen LogP contribution in [0.1, 0.15) is 10.5 Å². The second-order valence-electron chi connectivity index (χ2n) is 5.98. The third-order valence-electron chi connectivity index (χ3n) is 4.40. The van der Waals surface area contributed by atoms with Gasteiger partial charge < -0.3 is 9.80 Å². The number of carbonyl (C=O) groups is 1. The summed E-state index contributed by atoms with van der Waals surface area (Å²) in [6.07, 6.45) is 5.08. The Morgan fingerprint density at radius 2 is 1.81 bits per heavy atom. The number of carbonyl (C=O) groups excluding carboxylic acids is 1. The van der Waals surface area contributed by atoms with Crippen molar-refractivity contribution in [3.63, 3.8) is 0 Å². The smallest absolute Gasteiger partial charge is 0.274 e. The Morgan fingerprint density at radius 3 is 2.46 bits per heavy atom. The van der Waals surface area contributed by atoms with Gasteiger partial charge in [-0.2, -0.15) is 0 Å². The molecule has 4 rings (SSSR count). The Hall–Kier alpha value is -2.93. The predicted molar refractivity (Wildman–Crippen MR) is 98.7 cm³/mol. The number of halogens is 1. The fourth-order valence-corrected chi connectivity index (χ4v) is 3.25. The van der Waals surface area contributed by atoms with Crippen molar-refractivity contribution < 1.29 is 4.79 Å². The highest BCUT2D eigenvalue weighted by Gasteiger charge is 2.24. The lowest BCUT2D eigenvalue weighted by Crippen LogP contribution is -2.49. The van der Waals surface area contributed by atoms with Crippen molar-refractivity contribution in [3.05, 3.63) is 65.8 Å². The van der Waals surface area contributed by atoms with Crippen molar-refractivity contribution in [2.45, 2.75) is 0 Å². The van der Waals surface area contributed by atoms with E-state index in [2.05, 4.69) is 20.1 Å². The molecule has 0 radical (unpaired) electrons. The van der Waals surface area contributed by atoms with Crippen LogP contribution < -0.4 is 4.90 Å². The molecule has 1 aliphatic heterocycles. The van der Waals surface area contributed by atoms with Crippen molar-refractivity contribution in [1.82, 2.24) is 24.6 Å². The third kappa shape index (κ3) is 3.25. The minimum atomic E-state index is -0.103. The summed E-state index contributed by atoms with van der Waals surface area (Å²) in [7, 11) is 0. The number of imidazole rings is 1. The molecule has 1 amide bonds. The van der Waals surface area contributed by atoms with Crippen molar-refractivity contribution in [1.29, 1.82) is 0 Å². The summed E-state index contributed by atoms with van der Waals surface area (Å²) in [4.78, 5) is 20.6. The molecule has 132 valence electrons. The largest absolute Gasteiger partial charge is 0.367 e. The number of hydrogen-bond acceptors (Lipinski definition) is 5. The molecule has 1 aliphatic rings. The molecule has 1 aromatic carbocycles. The maximum Gasteiger partial charge on any atom is 0.274 e. The van der Waals surface area contributed by atoms with Crippen LogP contribution in [0.2, 0.25) is 5.02 Å². The van der Waals surface area contributed by atoms with Crippen LogP contribution in [0.15, 0.2) is 55.1 Å². The second-order valence-corrected chi connectivity index (χ2v) is 6.38. The molecule has 0 atom stereocenters. The highest BCUT2D eigenvalue weighted by atomic mass is 35.5. The summed E-state index contributed by atoms with van der Waals surface area (Å²) < 4.78 is 1.74. The standard InChI is InChI=1S/C18H17ClN6O/c19-14-3-1-2-4-16(14)23-9-11-24(12-10-23)18(26)15-5-6-17(22-21-15)25-8-7-20-13-25/h1-8,13H,9-12H2. The summed E-state index contributed by atoms with van der Waals surface area (Å²) in [5.41, 5.74) is 1.35. The average Bonchev–Trinajstić information content (AvgIpc) is 3.23. The van der Waals surface area contributed by atoms with Crippen LogP contribution in [-0.2, 0) is 0 Å². The van der Waals surface area contributed by atoms with Gasteiger partial charge in [0.05, 0.1) is 10.7 Å². The number of anilines is 1. The van der Waals surface area contributed by atoms with Crippen LogP contribution in [0.5, 0.6) is 0 Å². The van der Waals surface area contributed by atoms with E-state index < -0.39 is 0 Å². The van der Waals surface area contributed by atoms with Gasteiger partial charge in [0.1, 0.15) is 6.33 Å². The summed E-state index contributed by atoms with van der Waals surface area (Å²) in [6.45, 7) is 2.70. The highest BCUT2D eigenvalue weighted by molar-refractivity contribution is 6.33. The van der Waals surface area contributed by atoms with E-state index in [0.717, 1.165) is 23.8 Å². The van der Waals surface area contributed by atoms with Gasteiger partial charge in [-0.05, 0) is 24.3 Å². The van der Waals surface area contributed by atoms with Gasteiger partial charge in [-0.1, -0.05) is 23.7 Å². The molecule has 7 nitrogen and oxygen atoms in total. The number of para-hydroxylation sites is 1. The Kier molecular flexibility index (Phi) is 4.53. The molecule has 1 fully saturated rings. The van der Waals surface area contributed by atoms with Crippen LogP contribution in [-0.4, -0.2) is 56.7 Å². The normalized spacial score (nSPS) is 14.5. The van der Waals surface area contributed by atoms with Crippen molar-refractivity contribution in [3.8, 4) is 5.82 Å². The third-order valence-corrected chi connectivity index (χ3v) is 4.72. The van der Waals surface area contributed by atoms with Gasteiger partial charge in [0.2, 0.25) is 0 Å². The van der Waals surface area contributed by atoms with Gasteiger partial charge in [-0.25, -0.2) is 4.98 Å². The van der Waals surface area contributed by atoms with Crippen LogP contribution in [0.25, 0.3) is 5.82 Å². The number of piperazine rings is 1. The fourth-order valence-electron chi connectivity index (χ4n) is 2.99. The van der Waals surface area contributed by atoms with Crippen molar-refractivity contribution in [2.24, 2.45) is 0 Å². The maximum atomic E-state index is 12.7. The minimum Gasteiger partial charge on any atom is -0.367 e. The molecule has 1 saturated heterocycles. The van der Waals surface area contributed by atoms with Crippen molar-refractivity contribution >= 4 is 23.2 Å². The quantitative estimate of drug-likeness (QED) is 0.709. The first-order valence-corrected chi connectivity index (χ1v) is 8.71. The van der Waals surface area contributed by atoms with Gasteiger partial charge >= 0.3 is 0 Å². The first kappa shape index (κ1) is 16.5. The molecule has 8 heteroatoms. The fraction of sp³-hybridized carbons (Fsp3) is 0.222. The number of aromatic nitrogens is 4. The molecule has 3 aromatic rings. The monoisotopic (exact) mass is 368 g/mol. The molecule has 0 unspecified atom stereocenters. The Morgan fingerprint density at radius 1 is 1.00 bits per heavy atom. The van der Waals surface area contributed by atoms with Gasteiger partial charge in [0, 0.05) is 38.6 Å². The SMILES string of the molecule is O=C(c1ccc(-n2ccnc2)nn1)N1CCN(c2ccccc2Cl)CC1. The summed E-state index contributed by atoms with van der Waals surface area (Å²) in [5, 5.41) is 8.92. The molecular formula is C18H17ClN6O. The van der Waals surface area contributed by atoms with E-state index >= 15 is 0 Å². The average molecular weight is 369 g/mol. The predicted octanol–water partition coefficient (Wildman–Crippen LogP) is 2.28. The zero-order valence-electron chi connectivity index (χ0n) is 14.0. The van der Waals surface area contributed by atoms with E-state index in [9.17, 15) is 4.79 Å². The Balaban J connectivity index is 1.41. The highest BCUT2D eigenvalue weighted by Crippen LogP contribution is 2.26. The molecule has 0 aliphatic carbocycles. The van der Waals surface area contributed by atoms with Crippen LogP contribution in [0.3, 0.4) is 0 Å². The minimum absolute atomic E-state index is 0.103. The van der Waals surface area contributed by atoms with E-state index in [4.69, 9.17) is 11.6 Å². The van der Waals surface area contributed by atoms with E-state index in [0.29, 0.717) is 24.6 Å². The van der Waals surface area contributed by atoms with Crippen LogP contribution in [0, 0.1) is 0 Å². The molecular weight excluding hydrogens is 352 g/mol. The van der Waals surface area contributed by atoms with Crippen LogP contribution in [0.4, 0.5) is 5.69 Å². The lowest BCUT2D eigenvalue weighted by Gasteiger charge is -2.36. The zero-order valence-corrected chi connectivity index (χ0v) is 14.8. The molecule has 0 N–H and O–H groups in total. The molecule has 0 saturated carbocycles. The van der Waals surface area contributed by atoms with Gasteiger partial charge in [-0.3, -0.25) is 9.36 Å². The van der Waals surface area contributed by atoms with E-state index in [1.807, 2.05) is 24.3 Å². The molecule has 0 spiro atoms. The Bertz CT molecular complexity index is 888. The number of hydrogen-bond donors (Lipinski definition) is 0. The first-order valence-electron chi connectivity index (χ1n) is 8.33. The lowest BCUT2D eigenvalue weighted by atomic mass is 10.2. The van der Waals surface area contributed by atoms with E-state index in [1.165, 1.54) is 0 Å². The number of amides is 1. The molecule has 3 heterocycles. The van der Waals surface area contributed by atoms with E-state index in [1.54, 1.807) is 40.3 Å². The van der Waals surface area contributed by atoms with E-state index in [-0.39, 0.29) is 5.91 Å². The maximum absolute atomic E-state index is 12.7. The summed E-state index contributed by atoms with van der Waals surface area (Å²) in [6, 6.07) is 11.2. The van der Waals surface area contributed by atoms with Crippen LogP contribution >= 0.6 is 11.6 Å². The number of benzene rings is 1. The molecule has 0 bridgehead atoms. The molecule has 26 heavy (non-hydrogen) atoms. The summed E-state index contributed by atoms with van der Waals surface area (Å²) in [5.74, 6) is 0.524. The number of nitrogens with zero attached hydrogens (tertiary/aromatic N) is 6. The lowest BCUT2D eigenvalue weighted by molar-refractivity contribution is 0.0739. The van der Waals surface area contributed by atoms with Gasteiger partial charge in [0.25, 0.3) is 5.91 Å². The molecule has 2 aromatic heterocycles. The van der Waals surface area contributed by atoms with Gasteiger partial charge in [-0.15, -0.1) is 10.2 Å². The Labute approximate surface area is 155 Å².